The molecule has 23 heteroatoms. The van der Waals surface area contributed by atoms with Crippen LogP contribution >= 0.6 is 0 Å². The van der Waals surface area contributed by atoms with Gasteiger partial charge in [-0.1, -0.05) is 58.1 Å². The summed E-state index contributed by atoms with van der Waals surface area (Å²) in [6.07, 6.45) is 12.0. The number of fused-ring (bicyclic) bond motifs is 2. The first kappa shape index (κ1) is 58.8. The largest absolute Gasteiger partial charge is 0.748 e. The third-order valence-electron chi connectivity index (χ3n) is 11.1. The maximum Gasteiger partial charge on any atom is 0.425 e. The molecule has 0 amide bonds. The number of carbonyl (C=O) groups excluding carboxylic acids is 3. The van der Waals surface area contributed by atoms with Gasteiger partial charge in [0, 0.05) is 90.0 Å². The van der Waals surface area contributed by atoms with Crippen molar-refractivity contribution in [2.75, 3.05) is 29.5 Å². The molecule has 0 spiro atoms. The minimum absolute atomic E-state index is 0.0158. The van der Waals surface area contributed by atoms with E-state index in [1.165, 1.54) is 0 Å². The number of Topliss-reactive ketones (excluding diaryl/α,β-unsaturated/α-hetero) is 3. The topological polar surface area (TPSA) is 309 Å². The van der Waals surface area contributed by atoms with E-state index in [9.17, 15) is 45.1 Å². The number of rotatable bonds is 23. The summed E-state index contributed by atoms with van der Waals surface area (Å²) < 4.78 is 120. The fraction of sp³-hybridized carbons (Fsp3) is 0.489. The first-order valence-electron chi connectivity index (χ1n) is 21.5. The average Bonchev–Trinajstić information content (AvgIpc) is 3.55. The highest BCUT2D eigenvalue weighted by Crippen LogP contribution is 2.50. The molecule has 0 radical (unpaired) electrons. The molecule has 0 aromatic heterocycles. The predicted molar refractivity (Wildman–Crippen MR) is 251 cm³/mol. The summed E-state index contributed by atoms with van der Waals surface area (Å²) in [5.74, 6) is -2.30. The fourth-order valence-electron chi connectivity index (χ4n) is 8.39. The van der Waals surface area contributed by atoms with Crippen LogP contribution in [0.1, 0.15) is 148 Å². The molecule has 2 aliphatic rings. The van der Waals surface area contributed by atoms with Gasteiger partial charge in [0.1, 0.15) is 6.54 Å². The van der Waals surface area contributed by atoms with E-state index in [4.69, 9.17) is 30.4 Å². The molecule has 2 aromatic rings. The molecule has 0 fully saturated rings. The van der Waals surface area contributed by atoms with Crippen LogP contribution in [0.3, 0.4) is 0 Å². The lowest BCUT2D eigenvalue weighted by Crippen LogP contribution is -2.29. The van der Waals surface area contributed by atoms with E-state index in [0.717, 1.165) is 28.2 Å². The second kappa shape index (κ2) is 25.9. The van der Waals surface area contributed by atoms with Crippen LogP contribution in [-0.4, -0.2) is 115 Å². The average molecular weight is 1030 g/mol. The number of carbonyl (C=O) groups is 4. The lowest BCUT2D eigenvalue weighted by atomic mass is 9.77. The summed E-state index contributed by atoms with van der Waals surface area (Å²) in [6.45, 7) is 12.0. The standard InChI is InChI=1S/C45H58N2O11S2.2O3S/c1-7-17-36(48)31-29-33(37(49)18-8-2)43-35(30-31)47(26-16-28-60(56,57)58)40(45(43,5)6)23-11-9-10-22-39-44(3,4)42-32(38(50)21-12-13-24-41(51)52)19-14-20-34(42)46(39)25-15-27-59(53,54)55;2*1-4(2)3/h9-11,14,19-20,22-23,29-30H,7-8,12-13,15-18,21,24-28H2,1-6H3,(H2-,51,52,53,54,55,56,57,58);;. The van der Waals surface area contributed by atoms with Gasteiger partial charge in [0.05, 0.1) is 26.8 Å². The van der Waals surface area contributed by atoms with Gasteiger partial charge in [-0.2, -0.15) is 13.0 Å². The first-order valence-corrected chi connectivity index (χ1v) is 26.7. The Labute approximate surface area is 400 Å². The number of ketones is 3. The van der Waals surface area contributed by atoms with Crippen molar-refractivity contribution in [2.24, 2.45) is 0 Å². The van der Waals surface area contributed by atoms with Crippen molar-refractivity contribution in [1.29, 1.82) is 0 Å². The SMILES string of the molecule is CCCC(=O)c1cc(C(=O)CCC)c2c(c1)N(CCCS(=O)(=O)[O-])C(=CC=CC=CC1=[N+](CCCS(=O)(=O)O)c3cccc(C(=O)CCCCC(=O)O)c3C1(C)C)C2(C)C.O=S(=O)=O.O=S(=O)=O. The summed E-state index contributed by atoms with van der Waals surface area (Å²) in [5, 5.41) is 9.03. The maximum absolute atomic E-state index is 13.6. The van der Waals surface area contributed by atoms with Crippen LogP contribution in [0.4, 0.5) is 11.4 Å². The number of allylic oxidation sites excluding steroid dienone is 6. The molecule has 0 unspecified atom stereocenters. The number of carboxylic acid groups (broad SMARTS) is 1. The number of anilines is 1. The Bertz CT molecular complexity index is 2780. The van der Waals surface area contributed by atoms with Crippen molar-refractivity contribution in [2.45, 2.75) is 117 Å². The van der Waals surface area contributed by atoms with Crippen LogP contribution in [0.2, 0.25) is 0 Å². The molecule has 0 atom stereocenters. The molecule has 2 heterocycles. The summed E-state index contributed by atoms with van der Waals surface area (Å²) in [4.78, 5) is 53.3. The molecule has 0 aliphatic carbocycles. The lowest BCUT2D eigenvalue weighted by Gasteiger charge is -2.27. The highest BCUT2D eigenvalue weighted by atomic mass is 32.2. The first-order chi connectivity index (χ1) is 31.5. The Morgan fingerprint density at radius 3 is 1.85 bits per heavy atom. The summed E-state index contributed by atoms with van der Waals surface area (Å²) in [6, 6.07) is 8.81. The van der Waals surface area contributed by atoms with E-state index in [0.29, 0.717) is 54.5 Å². The molecule has 2 aliphatic heterocycles. The molecule has 19 nitrogen and oxygen atoms in total. The molecular formula is C45H58N2O17S4. The Balaban J connectivity index is 0.00000183. The molecular weight excluding hydrogens is 969 g/mol. The zero-order valence-electron chi connectivity index (χ0n) is 38.7. The summed E-state index contributed by atoms with van der Waals surface area (Å²) >= 11 is 0. The van der Waals surface area contributed by atoms with E-state index in [1.54, 1.807) is 36.4 Å². The van der Waals surface area contributed by atoms with E-state index in [1.807, 2.05) is 75.3 Å². The van der Waals surface area contributed by atoms with Crippen LogP contribution in [0.25, 0.3) is 0 Å². The smallest absolute Gasteiger partial charge is 0.425 e. The van der Waals surface area contributed by atoms with Crippen molar-refractivity contribution in [3.05, 3.63) is 94.2 Å². The van der Waals surface area contributed by atoms with Gasteiger partial charge in [-0.3, -0.25) is 23.7 Å². The molecule has 0 bridgehead atoms. The Hall–Kier alpha value is -5.33. The number of hydrogen-bond donors (Lipinski definition) is 2. The fourth-order valence-corrected chi connectivity index (χ4v) is 9.37. The molecule has 0 saturated heterocycles. The van der Waals surface area contributed by atoms with Gasteiger partial charge in [0.15, 0.2) is 23.1 Å². The number of carboxylic acids is 1. The summed E-state index contributed by atoms with van der Waals surface area (Å²) in [7, 11) is -15.0. The van der Waals surface area contributed by atoms with Gasteiger partial charge in [0.2, 0.25) is 5.69 Å². The van der Waals surface area contributed by atoms with Crippen LogP contribution in [-0.2, 0) is 57.1 Å². The monoisotopic (exact) mass is 1030 g/mol. The third kappa shape index (κ3) is 17.3. The zero-order valence-corrected chi connectivity index (χ0v) is 42.0. The van der Waals surface area contributed by atoms with Gasteiger partial charge in [-0.25, -0.2) is 8.42 Å². The lowest BCUT2D eigenvalue weighted by molar-refractivity contribution is -0.437. The second-order valence-corrected chi connectivity index (χ2v) is 20.8. The number of aliphatic carboxylic acids is 1. The molecule has 2 N–H and O–H groups in total. The second-order valence-electron chi connectivity index (χ2n) is 16.9. The van der Waals surface area contributed by atoms with Crippen LogP contribution < -0.4 is 4.90 Å². The van der Waals surface area contributed by atoms with Gasteiger partial charge >= 0.3 is 27.2 Å². The van der Waals surface area contributed by atoms with Gasteiger partial charge in [-0.05, 0) is 69.7 Å². The van der Waals surface area contributed by atoms with Gasteiger partial charge in [0.25, 0.3) is 10.1 Å². The van der Waals surface area contributed by atoms with Crippen molar-refractivity contribution >= 4 is 81.9 Å². The molecule has 0 saturated carbocycles. The van der Waals surface area contributed by atoms with Crippen molar-refractivity contribution in [1.82, 2.24) is 0 Å². The number of hydrogen-bond acceptors (Lipinski definition) is 16. The highest BCUT2D eigenvalue weighted by Gasteiger charge is 2.47. The van der Waals surface area contributed by atoms with E-state index in [2.05, 4.69) is 0 Å². The Morgan fingerprint density at radius 1 is 0.721 bits per heavy atom. The highest BCUT2D eigenvalue weighted by molar-refractivity contribution is 7.85. The quantitative estimate of drug-likeness (QED) is 0.0433. The Morgan fingerprint density at radius 2 is 1.29 bits per heavy atom. The van der Waals surface area contributed by atoms with Crippen molar-refractivity contribution < 1.29 is 80.1 Å². The number of benzene rings is 2. The third-order valence-corrected chi connectivity index (χ3v) is 12.7. The van der Waals surface area contributed by atoms with Crippen LogP contribution in [0, 0.1) is 0 Å². The van der Waals surface area contributed by atoms with Gasteiger partial charge in [-0.15, -0.1) is 25.3 Å². The summed E-state index contributed by atoms with van der Waals surface area (Å²) in [5.41, 5.74) is 4.18. The molecule has 4 rings (SSSR count). The molecule has 374 valence electrons. The minimum atomic E-state index is -4.51. The Kier molecular flexibility index (Phi) is 22.4. The minimum Gasteiger partial charge on any atom is -0.748 e. The molecule has 2 aromatic carbocycles. The van der Waals surface area contributed by atoms with E-state index < -0.39 is 69.8 Å². The maximum atomic E-state index is 13.6. The van der Waals surface area contributed by atoms with Crippen molar-refractivity contribution in [3.8, 4) is 0 Å². The van der Waals surface area contributed by atoms with Crippen LogP contribution in [0.15, 0.2) is 66.4 Å². The number of unbranched alkanes of at least 4 members (excludes halogenated alkanes) is 1. The zero-order chi connectivity index (χ0) is 51.8. The van der Waals surface area contributed by atoms with Crippen molar-refractivity contribution in [3.63, 3.8) is 0 Å². The van der Waals surface area contributed by atoms with Gasteiger partial charge < -0.3 is 14.6 Å². The molecule has 68 heavy (non-hydrogen) atoms. The predicted octanol–water partition coefficient (Wildman–Crippen LogP) is 5.86. The van der Waals surface area contributed by atoms with E-state index in [-0.39, 0.29) is 62.5 Å². The number of nitrogens with zero attached hydrogens (tertiary/aromatic N) is 2. The van der Waals surface area contributed by atoms with Crippen LogP contribution in [0.5, 0.6) is 0 Å². The van der Waals surface area contributed by atoms with E-state index >= 15 is 0 Å². The normalized spacial score (nSPS) is 15.4.